The van der Waals surface area contributed by atoms with E-state index in [1.807, 2.05) is 0 Å². The Morgan fingerprint density at radius 2 is 2.21 bits per heavy atom. The molecule has 10 nitrogen and oxygen atoms in total. The van der Waals surface area contributed by atoms with Crippen molar-refractivity contribution >= 4 is 15.5 Å². The fraction of sp³-hybridized carbons (Fsp3) is 0.375. The third-order valence-corrected chi connectivity index (χ3v) is 5.60. The zero-order valence-electron chi connectivity index (χ0n) is 14.8. The maximum atomic E-state index is 13.6. The van der Waals surface area contributed by atoms with Crippen LogP contribution < -0.4 is 11.1 Å². The molecule has 0 radical (unpaired) electrons. The summed E-state index contributed by atoms with van der Waals surface area (Å²) < 4.78 is 43.3. The van der Waals surface area contributed by atoms with Crippen molar-refractivity contribution in [3.05, 3.63) is 45.7 Å². The first-order chi connectivity index (χ1) is 13.3. The van der Waals surface area contributed by atoms with Crippen LogP contribution in [0.2, 0.25) is 0 Å². The summed E-state index contributed by atoms with van der Waals surface area (Å²) in [7, 11) is -2.57. The number of nitrogens with one attached hydrogen (secondary N) is 2. The molecule has 12 heteroatoms. The average molecular weight is 408 g/mol. The highest BCUT2D eigenvalue weighted by atomic mass is 32.2. The van der Waals surface area contributed by atoms with Gasteiger partial charge in [-0.25, -0.2) is 18.4 Å². The molecule has 148 valence electrons. The Balaban J connectivity index is 1.59. The van der Waals surface area contributed by atoms with Crippen molar-refractivity contribution in [1.29, 1.82) is 4.78 Å². The molecule has 2 heterocycles. The zero-order chi connectivity index (χ0) is 19.9. The molecule has 1 aromatic carbocycles. The van der Waals surface area contributed by atoms with E-state index >= 15 is 0 Å². The van der Waals surface area contributed by atoms with Gasteiger partial charge in [0.25, 0.3) is 0 Å². The molecule has 0 aliphatic heterocycles. The lowest BCUT2D eigenvalue weighted by Crippen LogP contribution is -2.31. The second kappa shape index (κ2) is 6.86. The molecule has 0 spiro atoms. The Kier molecular flexibility index (Phi) is 4.49. The number of aromatic nitrogens is 4. The summed E-state index contributed by atoms with van der Waals surface area (Å²) in [4.78, 5) is 12.2. The summed E-state index contributed by atoms with van der Waals surface area (Å²) in [6.45, 7) is 0.379. The topological polar surface area (TPSA) is 140 Å². The van der Waals surface area contributed by atoms with E-state index in [1.165, 1.54) is 23.0 Å². The Bertz CT molecular complexity index is 1180. The van der Waals surface area contributed by atoms with E-state index < -0.39 is 21.5 Å². The fourth-order valence-electron chi connectivity index (χ4n) is 3.17. The SMILES string of the molecule is CS(=N)(=O)CCCNc1nonc1-c1noc(=O)n1[C@H]1Cc2ccc(F)cc21. The highest BCUT2D eigenvalue weighted by molar-refractivity contribution is 7.91. The van der Waals surface area contributed by atoms with Crippen molar-refractivity contribution in [1.82, 2.24) is 20.0 Å². The lowest BCUT2D eigenvalue weighted by atomic mass is 9.83. The minimum Gasteiger partial charge on any atom is -0.365 e. The standard InChI is InChI=1S/C16H17FN6O4S/c1-28(18,25)6-2-5-19-14-13(20-27-21-14)15-22-26-16(24)23(15)12-7-9-3-4-10(17)8-11(9)12/h3-4,8,12,18H,2,5-7H2,1H3,(H,19,21)/t12-,28?/m0/s1. The van der Waals surface area contributed by atoms with Gasteiger partial charge in [0.2, 0.25) is 11.6 Å². The second-order valence-electron chi connectivity index (χ2n) is 6.66. The van der Waals surface area contributed by atoms with Gasteiger partial charge in [-0.3, -0.25) is 13.5 Å². The summed E-state index contributed by atoms with van der Waals surface area (Å²) in [5.41, 5.74) is 1.81. The Labute approximate surface area is 158 Å². The molecule has 0 amide bonds. The van der Waals surface area contributed by atoms with Crippen molar-refractivity contribution < 1.29 is 17.8 Å². The Morgan fingerprint density at radius 3 is 3.00 bits per heavy atom. The van der Waals surface area contributed by atoms with E-state index in [9.17, 15) is 13.4 Å². The quantitative estimate of drug-likeness (QED) is 0.562. The molecule has 2 N–H and O–H groups in total. The molecule has 0 fully saturated rings. The minimum absolute atomic E-state index is 0.119. The van der Waals surface area contributed by atoms with Gasteiger partial charge in [0.1, 0.15) is 5.82 Å². The van der Waals surface area contributed by atoms with Crippen LogP contribution in [0.4, 0.5) is 10.2 Å². The van der Waals surface area contributed by atoms with Crippen LogP contribution in [0.1, 0.15) is 23.6 Å². The molecule has 4 rings (SSSR count). The first kappa shape index (κ1) is 18.3. The molecule has 28 heavy (non-hydrogen) atoms. The highest BCUT2D eigenvalue weighted by Gasteiger charge is 2.34. The third kappa shape index (κ3) is 3.42. The van der Waals surface area contributed by atoms with E-state index in [-0.39, 0.29) is 28.9 Å². The number of hydrogen-bond donors (Lipinski definition) is 2. The number of halogens is 1. The van der Waals surface area contributed by atoms with Gasteiger partial charge < -0.3 is 5.32 Å². The van der Waals surface area contributed by atoms with Crippen molar-refractivity contribution in [2.24, 2.45) is 0 Å². The van der Waals surface area contributed by atoms with Gasteiger partial charge in [-0.05, 0) is 46.4 Å². The molecule has 1 aliphatic rings. The molecule has 1 unspecified atom stereocenters. The van der Waals surface area contributed by atoms with Crippen LogP contribution in [-0.4, -0.2) is 42.8 Å². The second-order valence-corrected chi connectivity index (χ2v) is 9.07. The molecular weight excluding hydrogens is 391 g/mol. The summed E-state index contributed by atoms with van der Waals surface area (Å²) in [6.07, 6.45) is 2.39. The summed E-state index contributed by atoms with van der Waals surface area (Å²) in [6, 6.07) is 4.02. The lowest BCUT2D eigenvalue weighted by Gasteiger charge is -2.30. The molecule has 0 bridgehead atoms. The predicted molar refractivity (Wildman–Crippen MR) is 97.1 cm³/mol. The summed E-state index contributed by atoms with van der Waals surface area (Å²) >= 11 is 0. The van der Waals surface area contributed by atoms with E-state index in [2.05, 4.69) is 20.8 Å². The first-order valence-electron chi connectivity index (χ1n) is 8.48. The number of benzene rings is 1. The molecule has 0 saturated carbocycles. The average Bonchev–Trinajstić information content (AvgIpc) is 3.21. The number of rotatable bonds is 7. The molecular formula is C16H17FN6O4S. The largest absolute Gasteiger partial charge is 0.442 e. The predicted octanol–water partition coefficient (Wildman–Crippen LogP) is 1.65. The highest BCUT2D eigenvalue weighted by Crippen LogP contribution is 2.38. The normalized spacial score (nSPS) is 17.6. The van der Waals surface area contributed by atoms with E-state index in [1.54, 1.807) is 6.07 Å². The maximum absolute atomic E-state index is 13.6. The minimum atomic E-state index is -2.57. The van der Waals surface area contributed by atoms with Crippen LogP contribution in [0.25, 0.3) is 11.5 Å². The molecule has 3 aromatic rings. The van der Waals surface area contributed by atoms with Crippen LogP contribution in [0, 0.1) is 10.6 Å². The van der Waals surface area contributed by atoms with Gasteiger partial charge in [-0.1, -0.05) is 11.2 Å². The van der Waals surface area contributed by atoms with Crippen molar-refractivity contribution in [2.45, 2.75) is 18.9 Å². The number of fused-ring (bicyclic) bond motifs is 1. The van der Waals surface area contributed by atoms with Crippen LogP contribution >= 0.6 is 0 Å². The smallest absolute Gasteiger partial charge is 0.365 e. The number of anilines is 1. The van der Waals surface area contributed by atoms with E-state index in [4.69, 9.17) is 13.9 Å². The van der Waals surface area contributed by atoms with Gasteiger partial charge in [0.15, 0.2) is 5.69 Å². The monoisotopic (exact) mass is 408 g/mol. The van der Waals surface area contributed by atoms with Crippen molar-refractivity contribution in [3.8, 4) is 11.5 Å². The summed E-state index contributed by atoms with van der Waals surface area (Å²) in [5.74, 6) is -0.479. The molecule has 1 aliphatic carbocycles. The van der Waals surface area contributed by atoms with Gasteiger partial charge in [-0.15, -0.1) is 0 Å². The third-order valence-electron chi connectivity index (χ3n) is 4.53. The lowest BCUT2D eigenvalue weighted by molar-refractivity contribution is 0.309. The Morgan fingerprint density at radius 1 is 1.39 bits per heavy atom. The van der Waals surface area contributed by atoms with Gasteiger partial charge in [0, 0.05) is 28.3 Å². The maximum Gasteiger partial charge on any atom is 0.442 e. The van der Waals surface area contributed by atoms with E-state index in [0.717, 1.165) is 5.56 Å². The van der Waals surface area contributed by atoms with Gasteiger partial charge >= 0.3 is 5.76 Å². The molecule has 2 aromatic heterocycles. The van der Waals surface area contributed by atoms with Crippen LogP contribution in [0.3, 0.4) is 0 Å². The van der Waals surface area contributed by atoms with E-state index in [0.29, 0.717) is 24.9 Å². The molecule has 0 saturated heterocycles. The van der Waals surface area contributed by atoms with Crippen molar-refractivity contribution in [2.75, 3.05) is 23.9 Å². The summed E-state index contributed by atoms with van der Waals surface area (Å²) in [5, 5.41) is 14.3. The number of hydrogen-bond acceptors (Lipinski definition) is 9. The van der Waals surface area contributed by atoms with Crippen molar-refractivity contribution in [3.63, 3.8) is 0 Å². The zero-order valence-corrected chi connectivity index (χ0v) is 15.7. The van der Waals surface area contributed by atoms with Gasteiger partial charge in [0.05, 0.1) is 6.04 Å². The van der Waals surface area contributed by atoms with Crippen LogP contribution in [-0.2, 0) is 16.1 Å². The molecule has 2 atom stereocenters. The first-order valence-corrected chi connectivity index (χ1v) is 10.6. The van der Waals surface area contributed by atoms with Crippen LogP contribution in [0.15, 0.2) is 32.1 Å². The fourth-order valence-corrected chi connectivity index (χ4v) is 3.87. The number of nitrogens with zero attached hydrogens (tertiary/aromatic N) is 4. The van der Waals surface area contributed by atoms with Gasteiger partial charge in [-0.2, -0.15) is 0 Å². The Hall–Kier alpha value is -3.02. The van der Waals surface area contributed by atoms with Crippen LogP contribution in [0.5, 0.6) is 0 Å².